The lowest BCUT2D eigenvalue weighted by atomic mass is 10.2. The largest absolute Gasteiger partial charge is 0.760 e. The molecule has 1 aromatic carbocycles. The molecule has 0 spiro atoms. The highest BCUT2D eigenvalue weighted by atomic mass is 35.5. The van der Waals surface area contributed by atoms with Crippen molar-refractivity contribution >= 4 is 22.9 Å². The van der Waals surface area contributed by atoms with Crippen molar-refractivity contribution in [1.82, 2.24) is 4.72 Å². The molecule has 1 N–H and O–H groups in total. The summed E-state index contributed by atoms with van der Waals surface area (Å²) in [4.78, 5) is 0. The maximum atomic E-state index is 10.2. The Bertz CT molecular complexity index is 323. The van der Waals surface area contributed by atoms with Gasteiger partial charge in [-0.3, -0.25) is 4.21 Å². The molecule has 0 saturated carbocycles. The Labute approximate surface area is 102 Å². The standard InChI is InChI=1S/C10H14ClNO3S/c11-10(6-7-12-16(13)14)15-8-9-4-2-1-3-5-9/h1-5,10,12H,6-8H2,(H,13,14)/p-1. The molecule has 0 saturated heterocycles. The van der Waals surface area contributed by atoms with Crippen molar-refractivity contribution in [2.24, 2.45) is 0 Å². The number of hydrogen-bond acceptors (Lipinski definition) is 3. The van der Waals surface area contributed by atoms with Gasteiger partial charge in [0, 0.05) is 24.2 Å². The van der Waals surface area contributed by atoms with Crippen LogP contribution in [0.2, 0.25) is 0 Å². The Morgan fingerprint density at radius 3 is 2.75 bits per heavy atom. The zero-order valence-corrected chi connectivity index (χ0v) is 10.2. The van der Waals surface area contributed by atoms with Crippen LogP contribution in [0, 0.1) is 0 Å². The van der Waals surface area contributed by atoms with Gasteiger partial charge in [0.1, 0.15) is 5.56 Å². The van der Waals surface area contributed by atoms with Crippen molar-refractivity contribution in [3.8, 4) is 0 Å². The molecule has 0 aliphatic carbocycles. The van der Waals surface area contributed by atoms with E-state index in [1.54, 1.807) is 0 Å². The maximum absolute atomic E-state index is 10.2. The molecule has 1 aromatic rings. The van der Waals surface area contributed by atoms with E-state index >= 15 is 0 Å². The van der Waals surface area contributed by atoms with Gasteiger partial charge in [-0.2, -0.15) is 0 Å². The second-order valence-corrected chi connectivity index (χ2v) is 4.37. The van der Waals surface area contributed by atoms with E-state index in [0.29, 0.717) is 13.0 Å². The van der Waals surface area contributed by atoms with Gasteiger partial charge in [-0.25, -0.2) is 4.72 Å². The quantitative estimate of drug-likeness (QED) is 0.599. The van der Waals surface area contributed by atoms with E-state index in [1.165, 1.54) is 0 Å². The monoisotopic (exact) mass is 262 g/mol. The van der Waals surface area contributed by atoms with Gasteiger partial charge in [0.05, 0.1) is 6.61 Å². The van der Waals surface area contributed by atoms with Crippen LogP contribution in [0.25, 0.3) is 0 Å². The van der Waals surface area contributed by atoms with E-state index in [9.17, 15) is 8.76 Å². The zero-order chi connectivity index (χ0) is 11.8. The molecule has 4 nitrogen and oxygen atoms in total. The Hall–Kier alpha value is -0.460. The fourth-order valence-corrected chi connectivity index (χ4v) is 1.56. The summed E-state index contributed by atoms with van der Waals surface area (Å²) in [5.41, 5.74) is 0.546. The van der Waals surface area contributed by atoms with Crippen molar-refractivity contribution in [3.05, 3.63) is 35.9 Å². The third-order valence-corrected chi connectivity index (χ3v) is 2.65. The first-order valence-corrected chi connectivity index (χ1v) is 6.32. The van der Waals surface area contributed by atoms with E-state index in [2.05, 4.69) is 4.72 Å². The Morgan fingerprint density at radius 2 is 2.12 bits per heavy atom. The molecule has 16 heavy (non-hydrogen) atoms. The summed E-state index contributed by atoms with van der Waals surface area (Å²) in [5, 5.41) is 0. The summed E-state index contributed by atoms with van der Waals surface area (Å²) in [6.45, 7) is 0.703. The van der Waals surface area contributed by atoms with Crippen molar-refractivity contribution in [3.63, 3.8) is 0 Å². The van der Waals surface area contributed by atoms with Crippen LogP contribution in [0.4, 0.5) is 0 Å². The van der Waals surface area contributed by atoms with Crippen LogP contribution in [0.5, 0.6) is 0 Å². The summed E-state index contributed by atoms with van der Waals surface area (Å²) in [6, 6.07) is 9.65. The molecule has 0 aromatic heterocycles. The minimum Gasteiger partial charge on any atom is -0.760 e. The average molecular weight is 263 g/mol. The second-order valence-electron chi connectivity index (χ2n) is 3.12. The first-order chi connectivity index (χ1) is 7.68. The van der Waals surface area contributed by atoms with Gasteiger partial charge >= 0.3 is 0 Å². The van der Waals surface area contributed by atoms with Gasteiger partial charge < -0.3 is 9.29 Å². The van der Waals surface area contributed by atoms with Gasteiger partial charge in [-0.1, -0.05) is 41.9 Å². The Kier molecular flexibility index (Phi) is 6.59. The lowest BCUT2D eigenvalue weighted by molar-refractivity contribution is 0.0895. The van der Waals surface area contributed by atoms with Crippen LogP contribution in [0.1, 0.15) is 12.0 Å². The molecule has 0 fully saturated rings. The lowest BCUT2D eigenvalue weighted by Crippen LogP contribution is -2.21. The summed E-state index contributed by atoms with van der Waals surface area (Å²) in [6.07, 6.45) is 0.433. The van der Waals surface area contributed by atoms with E-state index in [-0.39, 0.29) is 6.54 Å². The third-order valence-electron chi connectivity index (χ3n) is 1.86. The number of rotatable bonds is 7. The van der Waals surface area contributed by atoms with Crippen LogP contribution in [0.15, 0.2) is 30.3 Å². The van der Waals surface area contributed by atoms with Crippen LogP contribution in [-0.2, 0) is 22.6 Å². The predicted octanol–water partition coefficient (Wildman–Crippen LogP) is 1.54. The molecule has 1 rings (SSSR count). The molecule has 0 radical (unpaired) electrons. The molecule has 0 bridgehead atoms. The SMILES string of the molecule is O=S([O-])NCCC(Cl)OCc1ccccc1. The lowest BCUT2D eigenvalue weighted by Gasteiger charge is -2.12. The zero-order valence-electron chi connectivity index (χ0n) is 8.60. The minimum absolute atomic E-state index is 0.277. The van der Waals surface area contributed by atoms with E-state index in [1.807, 2.05) is 30.3 Å². The molecule has 0 heterocycles. The van der Waals surface area contributed by atoms with Crippen LogP contribution in [0.3, 0.4) is 0 Å². The Morgan fingerprint density at radius 1 is 1.44 bits per heavy atom. The number of benzene rings is 1. The normalized spacial score (nSPS) is 14.6. The van der Waals surface area contributed by atoms with Gasteiger partial charge in [0.2, 0.25) is 0 Å². The summed E-state index contributed by atoms with van der Waals surface area (Å²) >= 11 is 3.61. The Balaban J connectivity index is 2.15. The van der Waals surface area contributed by atoms with Crippen molar-refractivity contribution < 1.29 is 13.5 Å². The van der Waals surface area contributed by atoms with Gasteiger partial charge in [0.15, 0.2) is 0 Å². The van der Waals surface area contributed by atoms with Crippen LogP contribution in [-0.4, -0.2) is 20.9 Å². The van der Waals surface area contributed by atoms with Crippen molar-refractivity contribution in [1.29, 1.82) is 0 Å². The van der Waals surface area contributed by atoms with Gasteiger partial charge in [0.25, 0.3) is 0 Å². The van der Waals surface area contributed by atoms with Crippen molar-refractivity contribution in [2.75, 3.05) is 6.54 Å². The predicted molar refractivity (Wildman–Crippen MR) is 62.4 cm³/mol. The number of halogens is 1. The highest BCUT2D eigenvalue weighted by Gasteiger charge is 2.04. The highest BCUT2D eigenvalue weighted by molar-refractivity contribution is 7.77. The topological polar surface area (TPSA) is 61.4 Å². The summed E-state index contributed by atoms with van der Waals surface area (Å²) in [5.74, 6) is 0. The maximum Gasteiger partial charge on any atom is 0.132 e. The van der Waals surface area contributed by atoms with E-state index in [0.717, 1.165) is 5.56 Å². The molecule has 0 aliphatic rings. The molecule has 2 unspecified atom stereocenters. The molecule has 0 amide bonds. The van der Waals surface area contributed by atoms with Crippen LogP contribution >= 0.6 is 11.6 Å². The van der Waals surface area contributed by atoms with E-state index in [4.69, 9.17) is 16.3 Å². The number of alkyl halides is 1. The number of nitrogens with one attached hydrogen (secondary N) is 1. The highest BCUT2D eigenvalue weighted by Crippen LogP contribution is 2.08. The fraction of sp³-hybridized carbons (Fsp3) is 0.400. The smallest absolute Gasteiger partial charge is 0.132 e. The summed E-state index contributed by atoms with van der Waals surface area (Å²) in [7, 11) is 0. The number of ether oxygens (including phenoxy) is 1. The van der Waals surface area contributed by atoms with Crippen LogP contribution < -0.4 is 4.72 Å². The van der Waals surface area contributed by atoms with Crippen molar-refractivity contribution in [2.45, 2.75) is 18.6 Å². The molecule has 6 heteroatoms. The average Bonchev–Trinajstić information content (AvgIpc) is 2.27. The first-order valence-electron chi connectivity index (χ1n) is 4.81. The second kappa shape index (κ2) is 7.76. The molecule has 2 atom stereocenters. The molecule has 0 aliphatic heterocycles. The molecular formula is C10H13ClNO3S-. The fourth-order valence-electron chi connectivity index (χ4n) is 1.10. The number of hydrogen-bond donors (Lipinski definition) is 1. The van der Waals surface area contributed by atoms with Gasteiger partial charge in [-0.05, 0) is 5.56 Å². The minimum atomic E-state index is -2.24. The molecular weight excluding hydrogens is 250 g/mol. The third kappa shape index (κ3) is 6.19. The van der Waals surface area contributed by atoms with Gasteiger partial charge in [-0.15, -0.1) is 0 Å². The molecule has 90 valence electrons. The first kappa shape index (κ1) is 13.6. The van der Waals surface area contributed by atoms with E-state index < -0.39 is 16.8 Å². The summed E-state index contributed by atoms with van der Waals surface area (Å²) < 4.78 is 27.9.